The lowest BCUT2D eigenvalue weighted by molar-refractivity contribution is -0.690. The zero-order valence-electron chi connectivity index (χ0n) is 6.04. The molecule has 0 saturated carbocycles. The minimum absolute atomic E-state index is 0. The van der Waals surface area contributed by atoms with Gasteiger partial charge in [0.25, 0.3) is 5.82 Å². The number of imidazole rings is 1. The van der Waals surface area contributed by atoms with E-state index in [9.17, 15) is 4.79 Å². The van der Waals surface area contributed by atoms with Crippen LogP contribution < -0.4 is 28.5 Å². The Morgan fingerprint density at radius 1 is 1.82 bits per heavy atom. The van der Waals surface area contributed by atoms with E-state index in [-0.39, 0.29) is 30.5 Å². The molecule has 4 nitrogen and oxygen atoms in total. The third kappa shape index (κ3) is 2.87. The Morgan fingerprint density at radius 2 is 2.45 bits per heavy atom. The smallest absolute Gasteiger partial charge is 0.346 e. The van der Waals surface area contributed by atoms with Crippen LogP contribution in [0.3, 0.4) is 0 Å². The van der Waals surface area contributed by atoms with Gasteiger partial charge in [0.05, 0.1) is 0 Å². The largest absolute Gasteiger partial charge is 1.00 e. The summed E-state index contributed by atoms with van der Waals surface area (Å²) in [6, 6.07) is 0. The Balaban J connectivity index is 0.000001000. The summed E-state index contributed by atoms with van der Waals surface area (Å²) in [5.74, 6) is 0.0232. The summed E-state index contributed by atoms with van der Waals surface area (Å²) < 4.78 is 1.63. The molecule has 0 aliphatic carbocycles. The van der Waals surface area contributed by atoms with Gasteiger partial charge in [0.1, 0.15) is 12.4 Å². The Kier molecular flexibility index (Phi) is 4.09. The number of halogens is 1. The number of aliphatic carboxylic acids is 1. The predicted octanol–water partition coefficient (Wildman–Crippen LogP) is -3.30. The molecule has 0 aliphatic heterocycles. The van der Waals surface area contributed by atoms with Gasteiger partial charge in [-0.15, -0.1) is 0 Å². The normalized spacial score (nSPS) is 8.82. The van der Waals surface area contributed by atoms with Gasteiger partial charge in [0.15, 0.2) is 6.54 Å². The van der Waals surface area contributed by atoms with E-state index in [1.165, 1.54) is 0 Å². The summed E-state index contributed by atoms with van der Waals surface area (Å²) in [4.78, 5) is 13.1. The van der Waals surface area contributed by atoms with Gasteiger partial charge in [0, 0.05) is 6.92 Å². The van der Waals surface area contributed by atoms with Crippen LogP contribution in [-0.2, 0) is 11.3 Å². The van der Waals surface area contributed by atoms with Crippen LogP contribution >= 0.6 is 0 Å². The average Bonchev–Trinajstić information content (AvgIpc) is 2.15. The molecule has 2 N–H and O–H groups in total. The van der Waals surface area contributed by atoms with Crippen molar-refractivity contribution in [2.45, 2.75) is 13.5 Å². The van der Waals surface area contributed by atoms with Crippen molar-refractivity contribution < 1.29 is 38.4 Å². The number of H-pyrrole nitrogens is 1. The zero-order chi connectivity index (χ0) is 7.56. The highest BCUT2D eigenvalue weighted by atomic mass is 127. The minimum Gasteiger partial charge on any atom is -1.00 e. The van der Waals surface area contributed by atoms with Crippen LogP contribution in [0.15, 0.2) is 12.4 Å². The highest BCUT2D eigenvalue weighted by Gasteiger charge is 2.07. The van der Waals surface area contributed by atoms with Crippen molar-refractivity contribution >= 4 is 5.97 Å². The first-order chi connectivity index (χ1) is 4.70. The molecule has 1 heterocycles. The van der Waals surface area contributed by atoms with E-state index in [4.69, 9.17) is 5.11 Å². The van der Waals surface area contributed by atoms with E-state index in [0.717, 1.165) is 5.82 Å². The number of aryl methyl sites for hydroxylation is 1. The second-order valence-electron chi connectivity index (χ2n) is 2.07. The molecular formula is C6H9IN2O2. The predicted molar refractivity (Wildman–Crippen MR) is 33.4 cm³/mol. The van der Waals surface area contributed by atoms with E-state index >= 15 is 0 Å². The maximum atomic E-state index is 10.2. The lowest BCUT2D eigenvalue weighted by Crippen LogP contribution is -3.00. The first kappa shape index (κ1) is 10.4. The van der Waals surface area contributed by atoms with Crippen LogP contribution in [0.1, 0.15) is 5.82 Å². The number of carboxylic acid groups (broad SMARTS) is 1. The molecule has 0 unspecified atom stereocenters. The molecular weight excluding hydrogens is 259 g/mol. The SMILES string of the molecule is Cc1[nH]cc[n+]1CC(=O)O.[I-]. The second-order valence-corrected chi connectivity index (χ2v) is 2.07. The van der Waals surface area contributed by atoms with Crippen molar-refractivity contribution in [3.8, 4) is 0 Å². The van der Waals surface area contributed by atoms with Gasteiger partial charge in [-0.3, -0.25) is 0 Å². The molecule has 11 heavy (non-hydrogen) atoms. The lowest BCUT2D eigenvalue weighted by atomic mass is 10.6. The molecule has 5 heteroatoms. The molecule has 0 atom stereocenters. The first-order valence-corrected chi connectivity index (χ1v) is 2.95. The summed E-state index contributed by atoms with van der Waals surface area (Å²) in [6.45, 7) is 1.85. The Hall–Kier alpha value is -0.590. The van der Waals surface area contributed by atoms with Crippen molar-refractivity contribution in [3.05, 3.63) is 18.2 Å². The van der Waals surface area contributed by atoms with Crippen molar-refractivity contribution in [1.29, 1.82) is 0 Å². The van der Waals surface area contributed by atoms with Gasteiger partial charge in [-0.05, 0) is 0 Å². The van der Waals surface area contributed by atoms with Gasteiger partial charge in [0.2, 0.25) is 0 Å². The van der Waals surface area contributed by atoms with Crippen LogP contribution in [0.5, 0.6) is 0 Å². The lowest BCUT2D eigenvalue weighted by Gasteiger charge is -1.89. The molecule has 0 fully saturated rings. The fourth-order valence-electron chi connectivity index (χ4n) is 0.760. The van der Waals surface area contributed by atoms with Crippen molar-refractivity contribution in [1.82, 2.24) is 4.98 Å². The number of nitrogens with one attached hydrogen (secondary N) is 1. The van der Waals surface area contributed by atoms with Gasteiger partial charge in [-0.25, -0.2) is 14.3 Å². The van der Waals surface area contributed by atoms with E-state index in [0.29, 0.717) is 0 Å². The van der Waals surface area contributed by atoms with Crippen molar-refractivity contribution in [2.75, 3.05) is 0 Å². The number of carbonyl (C=O) groups is 1. The van der Waals surface area contributed by atoms with Gasteiger partial charge in [-0.1, -0.05) is 0 Å². The fraction of sp³-hybridized carbons (Fsp3) is 0.333. The number of rotatable bonds is 2. The van der Waals surface area contributed by atoms with Crippen molar-refractivity contribution in [3.63, 3.8) is 0 Å². The molecule has 1 rings (SSSR count). The molecule has 0 radical (unpaired) electrons. The standard InChI is InChI=1S/C6H8N2O2.HI/c1-5-7-2-3-8(5)4-6(9)10;/h2-3H,4H2,1H3,(H,9,10);1H. The molecule has 1 aromatic heterocycles. The number of nitrogens with zero attached hydrogens (tertiary/aromatic N) is 1. The van der Waals surface area contributed by atoms with E-state index in [2.05, 4.69) is 4.98 Å². The third-order valence-electron chi connectivity index (χ3n) is 1.28. The molecule has 0 amide bonds. The molecule has 0 bridgehead atoms. The summed E-state index contributed by atoms with van der Waals surface area (Å²) in [5.41, 5.74) is 0. The monoisotopic (exact) mass is 268 g/mol. The fourth-order valence-corrected chi connectivity index (χ4v) is 0.760. The highest BCUT2D eigenvalue weighted by Crippen LogP contribution is 1.80. The second kappa shape index (κ2) is 4.32. The van der Waals surface area contributed by atoms with Crippen LogP contribution in [0.25, 0.3) is 0 Å². The molecule has 62 valence electrons. The van der Waals surface area contributed by atoms with Crippen LogP contribution in [0.4, 0.5) is 0 Å². The van der Waals surface area contributed by atoms with E-state index in [1.54, 1.807) is 17.0 Å². The molecule has 0 spiro atoms. The quantitative estimate of drug-likeness (QED) is 0.436. The summed E-state index contributed by atoms with van der Waals surface area (Å²) in [6.07, 6.45) is 3.40. The first-order valence-electron chi connectivity index (χ1n) is 2.95. The number of aromatic amines is 1. The Bertz CT molecular complexity index is 246. The average molecular weight is 268 g/mol. The van der Waals surface area contributed by atoms with Gasteiger partial charge < -0.3 is 29.1 Å². The summed E-state index contributed by atoms with van der Waals surface area (Å²) >= 11 is 0. The summed E-state index contributed by atoms with van der Waals surface area (Å²) in [7, 11) is 0. The van der Waals surface area contributed by atoms with E-state index in [1.807, 2.05) is 6.92 Å². The molecule has 0 saturated heterocycles. The number of aromatic nitrogens is 2. The third-order valence-corrected chi connectivity index (χ3v) is 1.28. The van der Waals surface area contributed by atoms with Crippen LogP contribution in [0, 0.1) is 6.92 Å². The topological polar surface area (TPSA) is 57.0 Å². The van der Waals surface area contributed by atoms with Gasteiger partial charge in [-0.2, -0.15) is 0 Å². The minimum atomic E-state index is -0.826. The highest BCUT2D eigenvalue weighted by molar-refractivity contribution is 5.64. The zero-order valence-corrected chi connectivity index (χ0v) is 8.20. The molecule has 0 aliphatic rings. The number of hydrogen-bond acceptors (Lipinski definition) is 1. The number of hydrogen-bond donors (Lipinski definition) is 2. The Labute approximate surface area is 81.3 Å². The van der Waals surface area contributed by atoms with E-state index < -0.39 is 5.97 Å². The maximum Gasteiger partial charge on any atom is 0.346 e. The van der Waals surface area contributed by atoms with Crippen LogP contribution in [-0.4, -0.2) is 16.1 Å². The molecule has 0 aromatic carbocycles. The Morgan fingerprint density at radius 3 is 2.82 bits per heavy atom. The number of carboxylic acids is 1. The van der Waals surface area contributed by atoms with Crippen LogP contribution in [0.2, 0.25) is 0 Å². The molecule has 1 aromatic rings. The maximum absolute atomic E-state index is 10.2. The van der Waals surface area contributed by atoms with Gasteiger partial charge >= 0.3 is 5.97 Å². The van der Waals surface area contributed by atoms with Crippen molar-refractivity contribution in [2.24, 2.45) is 0 Å². The summed E-state index contributed by atoms with van der Waals surface area (Å²) in [5, 5.41) is 8.38.